The van der Waals surface area contributed by atoms with Gasteiger partial charge in [0.05, 0.1) is 16.3 Å². The minimum atomic E-state index is -3.84. The number of nitrogens with two attached hydrogens (primary N) is 1. The predicted octanol–water partition coefficient (Wildman–Crippen LogP) is 1.69. The van der Waals surface area contributed by atoms with E-state index in [0.29, 0.717) is 21.6 Å². The molecule has 140 valence electrons. The average Bonchev–Trinajstić information content (AvgIpc) is 3.09. The van der Waals surface area contributed by atoms with Gasteiger partial charge in [-0.15, -0.1) is 5.10 Å². The number of aromatic nitrogens is 4. The largest absolute Gasteiger partial charge is 0.325 e. The molecular formula is C15H13ClN6O3S2. The minimum absolute atomic E-state index is 0.0214. The molecule has 3 aromatic rings. The first kappa shape index (κ1) is 19.3. The third-order valence-corrected chi connectivity index (χ3v) is 5.37. The number of halogens is 1. The molecule has 0 saturated heterocycles. The van der Waals surface area contributed by atoms with Crippen LogP contribution in [0.2, 0.25) is 5.02 Å². The van der Waals surface area contributed by atoms with Gasteiger partial charge in [0.15, 0.2) is 0 Å². The normalized spacial score (nSPS) is 11.3. The number of hydrogen-bond donors (Lipinski definition) is 2. The lowest BCUT2D eigenvalue weighted by Gasteiger charge is -2.07. The quantitative estimate of drug-likeness (QED) is 0.575. The van der Waals surface area contributed by atoms with Gasteiger partial charge in [0.25, 0.3) is 0 Å². The topological polar surface area (TPSA) is 133 Å². The molecule has 2 aromatic carbocycles. The second-order valence-electron chi connectivity index (χ2n) is 5.26. The summed E-state index contributed by atoms with van der Waals surface area (Å²) in [5.74, 6) is -0.328. The molecule has 0 bridgehead atoms. The molecular weight excluding hydrogens is 412 g/mol. The number of hydrogen-bond acceptors (Lipinski definition) is 7. The van der Waals surface area contributed by atoms with Gasteiger partial charge in [0.1, 0.15) is 0 Å². The van der Waals surface area contributed by atoms with Crippen molar-refractivity contribution in [3.05, 3.63) is 53.6 Å². The van der Waals surface area contributed by atoms with Crippen molar-refractivity contribution >= 4 is 45.0 Å². The van der Waals surface area contributed by atoms with Crippen LogP contribution in [-0.4, -0.2) is 40.3 Å². The lowest BCUT2D eigenvalue weighted by molar-refractivity contribution is -0.113. The van der Waals surface area contributed by atoms with E-state index in [1.807, 2.05) is 0 Å². The molecule has 1 aromatic heterocycles. The zero-order valence-corrected chi connectivity index (χ0v) is 16.0. The van der Waals surface area contributed by atoms with Crippen molar-refractivity contribution in [2.24, 2.45) is 5.14 Å². The summed E-state index contributed by atoms with van der Waals surface area (Å²) in [6.45, 7) is 0. The highest BCUT2D eigenvalue weighted by Crippen LogP contribution is 2.20. The molecule has 0 spiro atoms. The summed E-state index contributed by atoms with van der Waals surface area (Å²) in [5.41, 5.74) is 1.03. The van der Waals surface area contributed by atoms with Crippen LogP contribution in [-0.2, 0) is 14.8 Å². The van der Waals surface area contributed by atoms with Crippen LogP contribution in [0.3, 0.4) is 0 Å². The first-order valence-corrected chi connectivity index (χ1v) is 10.3. The van der Waals surface area contributed by atoms with Gasteiger partial charge >= 0.3 is 0 Å². The van der Waals surface area contributed by atoms with E-state index < -0.39 is 10.0 Å². The fourth-order valence-electron chi connectivity index (χ4n) is 2.09. The number of tetrazole rings is 1. The monoisotopic (exact) mass is 424 g/mol. The first-order valence-electron chi connectivity index (χ1n) is 7.43. The van der Waals surface area contributed by atoms with Gasteiger partial charge in [-0.25, -0.2) is 13.6 Å². The number of thioether (sulfide) groups is 1. The molecule has 1 heterocycles. The summed E-state index contributed by atoms with van der Waals surface area (Å²) >= 11 is 7.00. The van der Waals surface area contributed by atoms with E-state index in [0.717, 1.165) is 11.8 Å². The number of rotatable bonds is 6. The zero-order valence-electron chi connectivity index (χ0n) is 13.6. The fourth-order valence-corrected chi connectivity index (χ4v) is 3.47. The molecule has 0 aliphatic carbocycles. The maximum Gasteiger partial charge on any atom is 0.238 e. The van der Waals surface area contributed by atoms with E-state index in [4.69, 9.17) is 16.7 Å². The van der Waals surface area contributed by atoms with Crippen LogP contribution in [0.1, 0.15) is 0 Å². The predicted molar refractivity (Wildman–Crippen MR) is 101 cm³/mol. The number of nitrogens with one attached hydrogen (secondary N) is 1. The molecule has 0 fully saturated rings. The second kappa shape index (κ2) is 8.05. The van der Waals surface area contributed by atoms with E-state index in [2.05, 4.69) is 20.8 Å². The molecule has 0 aliphatic rings. The Morgan fingerprint density at radius 3 is 2.67 bits per heavy atom. The van der Waals surface area contributed by atoms with Gasteiger partial charge in [-0.1, -0.05) is 29.4 Å². The third kappa shape index (κ3) is 5.04. The minimum Gasteiger partial charge on any atom is -0.325 e. The van der Waals surface area contributed by atoms with Crippen molar-refractivity contribution in [1.82, 2.24) is 20.2 Å². The fraction of sp³-hybridized carbons (Fsp3) is 0.0667. The Morgan fingerprint density at radius 1 is 1.22 bits per heavy atom. The highest BCUT2D eigenvalue weighted by molar-refractivity contribution is 7.99. The Kier molecular flexibility index (Phi) is 5.75. The Labute approximate surface area is 163 Å². The maximum absolute atomic E-state index is 12.2. The molecule has 0 saturated carbocycles. The van der Waals surface area contributed by atoms with Gasteiger partial charge in [0, 0.05) is 10.7 Å². The van der Waals surface area contributed by atoms with Crippen LogP contribution >= 0.6 is 23.4 Å². The summed E-state index contributed by atoms with van der Waals surface area (Å²) in [4.78, 5) is 12.1. The van der Waals surface area contributed by atoms with E-state index in [-0.39, 0.29) is 16.6 Å². The Morgan fingerprint density at radius 2 is 1.96 bits per heavy atom. The SMILES string of the molecule is NS(=O)(=O)c1cccc(NC(=O)CSc2nnnn2-c2ccc(Cl)cc2)c1. The van der Waals surface area contributed by atoms with Gasteiger partial charge < -0.3 is 5.32 Å². The van der Waals surface area contributed by atoms with Crippen molar-refractivity contribution in [3.8, 4) is 5.69 Å². The van der Waals surface area contributed by atoms with Gasteiger partial charge in [0.2, 0.25) is 21.1 Å². The molecule has 12 heteroatoms. The van der Waals surface area contributed by atoms with Crippen LogP contribution in [0.25, 0.3) is 5.69 Å². The summed E-state index contributed by atoms with van der Waals surface area (Å²) < 4.78 is 24.2. The molecule has 3 rings (SSSR count). The number of benzene rings is 2. The maximum atomic E-state index is 12.2. The van der Waals surface area contributed by atoms with Gasteiger partial charge in [-0.3, -0.25) is 4.79 Å². The van der Waals surface area contributed by atoms with Crippen molar-refractivity contribution in [3.63, 3.8) is 0 Å². The smallest absolute Gasteiger partial charge is 0.238 e. The van der Waals surface area contributed by atoms with Gasteiger partial charge in [-0.2, -0.15) is 4.68 Å². The van der Waals surface area contributed by atoms with E-state index in [1.54, 1.807) is 30.3 Å². The molecule has 0 unspecified atom stereocenters. The highest BCUT2D eigenvalue weighted by atomic mass is 35.5. The molecule has 0 atom stereocenters. The number of sulfonamides is 1. The number of primary sulfonamides is 1. The number of nitrogens with zero attached hydrogens (tertiary/aromatic N) is 4. The second-order valence-corrected chi connectivity index (χ2v) is 8.20. The van der Waals surface area contributed by atoms with Crippen molar-refractivity contribution in [2.75, 3.05) is 11.1 Å². The van der Waals surface area contributed by atoms with Crippen LogP contribution < -0.4 is 10.5 Å². The van der Waals surface area contributed by atoms with Crippen LogP contribution in [0.4, 0.5) is 5.69 Å². The van der Waals surface area contributed by atoms with E-state index in [1.165, 1.54) is 22.9 Å². The van der Waals surface area contributed by atoms with Crippen molar-refractivity contribution in [2.45, 2.75) is 10.1 Å². The lowest BCUT2D eigenvalue weighted by Crippen LogP contribution is -2.16. The molecule has 27 heavy (non-hydrogen) atoms. The first-order chi connectivity index (χ1) is 12.8. The Hall–Kier alpha value is -2.47. The van der Waals surface area contributed by atoms with E-state index in [9.17, 15) is 13.2 Å². The molecule has 1 amide bonds. The summed E-state index contributed by atoms with van der Waals surface area (Å²) in [6, 6.07) is 12.6. The van der Waals surface area contributed by atoms with Crippen LogP contribution in [0.15, 0.2) is 58.6 Å². The number of carbonyl (C=O) groups excluding carboxylic acids is 1. The van der Waals surface area contributed by atoms with Crippen LogP contribution in [0.5, 0.6) is 0 Å². The Bertz CT molecular complexity index is 1070. The molecule has 0 radical (unpaired) electrons. The van der Waals surface area contributed by atoms with Crippen LogP contribution in [0, 0.1) is 0 Å². The molecule has 9 nitrogen and oxygen atoms in total. The average molecular weight is 425 g/mol. The third-order valence-electron chi connectivity index (χ3n) is 3.29. The summed E-state index contributed by atoms with van der Waals surface area (Å²) in [6.07, 6.45) is 0. The number of carbonyl (C=O) groups is 1. The van der Waals surface area contributed by atoms with E-state index >= 15 is 0 Å². The summed E-state index contributed by atoms with van der Waals surface area (Å²) in [7, 11) is -3.84. The molecule has 0 aliphatic heterocycles. The highest BCUT2D eigenvalue weighted by Gasteiger charge is 2.13. The molecule has 3 N–H and O–H groups in total. The Balaban J connectivity index is 1.65. The standard InChI is InChI=1S/C15H13ClN6O3S2/c16-10-4-6-12(7-5-10)22-15(19-20-21-22)26-9-14(23)18-11-2-1-3-13(8-11)27(17,24)25/h1-8H,9H2,(H,18,23)(H2,17,24,25). The number of anilines is 1. The lowest BCUT2D eigenvalue weighted by atomic mass is 10.3. The number of amides is 1. The zero-order chi connectivity index (χ0) is 19.4. The summed E-state index contributed by atoms with van der Waals surface area (Å²) in [5, 5.41) is 20.1. The van der Waals surface area contributed by atoms with Gasteiger partial charge in [-0.05, 0) is 52.9 Å². The van der Waals surface area contributed by atoms with Crippen molar-refractivity contribution < 1.29 is 13.2 Å². The van der Waals surface area contributed by atoms with Crippen molar-refractivity contribution in [1.29, 1.82) is 0 Å².